The smallest absolute Gasteiger partial charge is 0.385 e. The summed E-state index contributed by atoms with van der Waals surface area (Å²) in [7, 11) is 0. The number of aliphatic imine (C=N–C) groups is 1. The molecule has 4 nitrogen and oxygen atoms in total. The molecule has 3 heterocycles. The maximum absolute atomic E-state index is 13.6. The molecule has 0 radical (unpaired) electrons. The molecule has 1 unspecified atom stereocenters. The number of halogens is 3. The molecule has 148 valence electrons. The molecular formula is C21H16F3N3OS. The van der Waals surface area contributed by atoms with Gasteiger partial charge in [0.05, 0.1) is 4.88 Å². The molecule has 8 heteroatoms. The number of nitrogens with one attached hydrogen (secondary N) is 2. The molecule has 0 fully saturated rings. The molecule has 1 aromatic heterocycles. The number of fused-ring (bicyclic) bond motifs is 1. The summed E-state index contributed by atoms with van der Waals surface area (Å²) in [4.78, 5) is 9.65. The molecule has 0 bridgehead atoms. The molecule has 0 saturated heterocycles. The Morgan fingerprint density at radius 2 is 1.90 bits per heavy atom. The predicted octanol–water partition coefficient (Wildman–Crippen LogP) is 5.38. The minimum absolute atomic E-state index is 0.136. The second kappa shape index (κ2) is 6.89. The standard InChI is InChI=1S/C21H16F3N3OS/c22-21(23,24)18-15(12-4-2-1-3-5-12)11-17(29-18)20-26-19(27-28-20)14-6-7-16-13(10-14)8-9-25-16/h1-7,10-11,19,25,27H,8-9H2. The molecule has 2 aromatic carbocycles. The minimum atomic E-state index is -4.45. The van der Waals surface area contributed by atoms with Gasteiger partial charge in [0, 0.05) is 17.8 Å². The number of alkyl halides is 3. The van der Waals surface area contributed by atoms with Gasteiger partial charge in [-0.15, -0.1) is 16.8 Å². The van der Waals surface area contributed by atoms with Crippen molar-refractivity contribution < 1.29 is 18.0 Å². The highest BCUT2D eigenvalue weighted by atomic mass is 32.1. The molecule has 2 N–H and O–H groups in total. The number of rotatable bonds is 3. The van der Waals surface area contributed by atoms with E-state index in [0.717, 1.165) is 24.2 Å². The summed E-state index contributed by atoms with van der Waals surface area (Å²) in [5, 5.41) is 3.30. The Balaban J connectivity index is 1.50. The molecule has 2 aliphatic heterocycles. The van der Waals surface area contributed by atoms with Gasteiger partial charge in [0.25, 0.3) is 5.90 Å². The van der Waals surface area contributed by atoms with Crippen molar-refractivity contribution in [1.29, 1.82) is 0 Å². The topological polar surface area (TPSA) is 45.7 Å². The molecule has 29 heavy (non-hydrogen) atoms. The van der Waals surface area contributed by atoms with Crippen molar-refractivity contribution in [1.82, 2.24) is 5.48 Å². The fourth-order valence-electron chi connectivity index (χ4n) is 3.57. The van der Waals surface area contributed by atoms with Gasteiger partial charge >= 0.3 is 6.18 Å². The minimum Gasteiger partial charge on any atom is -0.385 e. The lowest BCUT2D eigenvalue weighted by atomic mass is 10.1. The second-order valence-corrected chi connectivity index (χ2v) is 7.92. The molecule has 5 rings (SSSR count). The first-order chi connectivity index (χ1) is 14.0. The Morgan fingerprint density at radius 1 is 1.07 bits per heavy atom. The van der Waals surface area contributed by atoms with Crippen LogP contribution in [0, 0.1) is 0 Å². The fraction of sp³-hybridized carbons (Fsp3) is 0.190. The molecule has 3 aromatic rings. The van der Waals surface area contributed by atoms with E-state index in [2.05, 4.69) is 15.8 Å². The third-order valence-electron chi connectivity index (χ3n) is 4.95. The number of hydrogen-bond acceptors (Lipinski definition) is 5. The van der Waals surface area contributed by atoms with Gasteiger partial charge in [-0.2, -0.15) is 13.2 Å². The van der Waals surface area contributed by atoms with Crippen LogP contribution in [0.15, 0.2) is 59.6 Å². The van der Waals surface area contributed by atoms with Crippen LogP contribution in [0.1, 0.15) is 27.0 Å². The highest BCUT2D eigenvalue weighted by Gasteiger charge is 2.37. The van der Waals surface area contributed by atoms with Crippen LogP contribution in [-0.4, -0.2) is 12.4 Å². The molecule has 0 aliphatic carbocycles. The second-order valence-electron chi connectivity index (χ2n) is 6.87. The van der Waals surface area contributed by atoms with Crippen molar-refractivity contribution in [2.45, 2.75) is 18.8 Å². The molecule has 0 spiro atoms. The van der Waals surface area contributed by atoms with E-state index in [0.29, 0.717) is 21.8 Å². The summed E-state index contributed by atoms with van der Waals surface area (Å²) >= 11 is 0.645. The van der Waals surface area contributed by atoms with Gasteiger partial charge in [0.15, 0.2) is 6.17 Å². The SMILES string of the molecule is FC(F)(F)c1sc(C2=NC(c3ccc4c(c3)CCN4)NO2)cc1-c1ccccc1. The summed E-state index contributed by atoms with van der Waals surface area (Å²) in [6, 6.07) is 16.0. The average Bonchev–Trinajstić information content (AvgIpc) is 3.45. The number of benzene rings is 2. The van der Waals surface area contributed by atoms with Crippen LogP contribution in [0.25, 0.3) is 11.1 Å². The third kappa shape index (κ3) is 3.38. The molecular weight excluding hydrogens is 399 g/mol. The van der Waals surface area contributed by atoms with Gasteiger partial charge in [-0.25, -0.2) is 4.99 Å². The maximum atomic E-state index is 13.6. The Morgan fingerprint density at radius 3 is 2.69 bits per heavy atom. The summed E-state index contributed by atoms with van der Waals surface area (Å²) < 4.78 is 40.8. The van der Waals surface area contributed by atoms with Crippen LogP contribution in [0.2, 0.25) is 0 Å². The zero-order chi connectivity index (χ0) is 20.0. The zero-order valence-corrected chi connectivity index (χ0v) is 15.9. The van der Waals surface area contributed by atoms with E-state index in [-0.39, 0.29) is 11.5 Å². The van der Waals surface area contributed by atoms with Crippen molar-refractivity contribution in [2.24, 2.45) is 4.99 Å². The molecule has 2 aliphatic rings. The summed E-state index contributed by atoms with van der Waals surface area (Å²) in [6.45, 7) is 0.902. The van der Waals surface area contributed by atoms with E-state index in [1.807, 2.05) is 18.2 Å². The Labute approximate surface area is 169 Å². The zero-order valence-electron chi connectivity index (χ0n) is 15.1. The Hall–Kier alpha value is -2.84. The van der Waals surface area contributed by atoms with Crippen LogP contribution < -0.4 is 10.8 Å². The van der Waals surface area contributed by atoms with E-state index in [1.165, 1.54) is 11.6 Å². The summed E-state index contributed by atoms with van der Waals surface area (Å²) in [5.41, 5.74) is 6.69. The van der Waals surface area contributed by atoms with Gasteiger partial charge in [0.1, 0.15) is 4.88 Å². The van der Waals surface area contributed by atoms with E-state index in [1.54, 1.807) is 30.3 Å². The third-order valence-corrected chi connectivity index (χ3v) is 6.12. The first-order valence-corrected chi connectivity index (χ1v) is 9.94. The number of anilines is 1. The van der Waals surface area contributed by atoms with Crippen LogP contribution in [0.4, 0.5) is 18.9 Å². The number of hydroxylamine groups is 1. The van der Waals surface area contributed by atoms with E-state index < -0.39 is 17.2 Å². The summed E-state index contributed by atoms with van der Waals surface area (Å²) in [6.07, 6.45) is -3.96. The largest absolute Gasteiger partial charge is 0.426 e. The quantitative estimate of drug-likeness (QED) is 0.604. The highest BCUT2D eigenvalue weighted by Crippen LogP contribution is 2.43. The lowest BCUT2D eigenvalue weighted by molar-refractivity contribution is -0.133. The van der Waals surface area contributed by atoms with Crippen LogP contribution >= 0.6 is 11.3 Å². The lowest BCUT2D eigenvalue weighted by Crippen LogP contribution is -2.14. The Bertz CT molecular complexity index is 1090. The van der Waals surface area contributed by atoms with Gasteiger partial charge < -0.3 is 10.2 Å². The predicted molar refractivity (Wildman–Crippen MR) is 107 cm³/mol. The van der Waals surface area contributed by atoms with Crippen LogP contribution in [-0.2, 0) is 17.4 Å². The van der Waals surface area contributed by atoms with E-state index >= 15 is 0 Å². The molecule has 0 saturated carbocycles. The number of hydrogen-bond donors (Lipinski definition) is 2. The van der Waals surface area contributed by atoms with Gasteiger partial charge in [-0.05, 0) is 35.2 Å². The maximum Gasteiger partial charge on any atom is 0.426 e. The first-order valence-electron chi connectivity index (χ1n) is 9.13. The van der Waals surface area contributed by atoms with Crippen molar-refractivity contribution in [2.75, 3.05) is 11.9 Å². The average molecular weight is 415 g/mol. The van der Waals surface area contributed by atoms with Crippen LogP contribution in [0.3, 0.4) is 0 Å². The number of nitrogens with zero attached hydrogens (tertiary/aromatic N) is 1. The van der Waals surface area contributed by atoms with Crippen LogP contribution in [0.5, 0.6) is 0 Å². The van der Waals surface area contributed by atoms with Crippen molar-refractivity contribution >= 4 is 22.9 Å². The molecule has 0 amide bonds. The van der Waals surface area contributed by atoms with Crippen molar-refractivity contribution in [3.05, 3.63) is 75.5 Å². The Kier molecular flexibility index (Phi) is 4.33. The van der Waals surface area contributed by atoms with E-state index in [4.69, 9.17) is 4.84 Å². The first kappa shape index (κ1) is 18.2. The van der Waals surface area contributed by atoms with Gasteiger partial charge in [-0.1, -0.05) is 42.5 Å². The van der Waals surface area contributed by atoms with Crippen molar-refractivity contribution in [3.63, 3.8) is 0 Å². The summed E-state index contributed by atoms with van der Waals surface area (Å²) in [5.74, 6) is 0.173. The molecule has 1 atom stereocenters. The van der Waals surface area contributed by atoms with Crippen molar-refractivity contribution in [3.8, 4) is 11.1 Å². The monoisotopic (exact) mass is 415 g/mol. The lowest BCUT2D eigenvalue weighted by Gasteiger charge is -2.08. The number of thiophene rings is 1. The highest BCUT2D eigenvalue weighted by molar-refractivity contribution is 7.14. The van der Waals surface area contributed by atoms with Gasteiger partial charge in [-0.3, -0.25) is 0 Å². The van der Waals surface area contributed by atoms with E-state index in [9.17, 15) is 13.2 Å². The fourth-order valence-corrected chi connectivity index (χ4v) is 4.55. The normalized spacial score (nSPS) is 18.2. The van der Waals surface area contributed by atoms with Gasteiger partial charge in [0.2, 0.25) is 0 Å².